The van der Waals surface area contributed by atoms with Crippen molar-refractivity contribution < 1.29 is 19.1 Å². The molecule has 3 amide bonds. The van der Waals surface area contributed by atoms with E-state index in [0.717, 1.165) is 11.1 Å². The van der Waals surface area contributed by atoms with E-state index in [0.29, 0.717) is 18.0 Å². The monoisotopic (exact) mass is 381 g/mol. The van der Waals surface area contributed by atoms with Gasteiger partial charge < -0.3 is 20.3 Å². The van der Waals surface area contributed by atoms with E-state index >= 15 is 0 Å². The number of piperazine rings is 1. The zero-order valence-corrected chi connectivity index (χ0v) is 15.9. The van der Waals surface area contributed by atoms with Crippen LogP contribution in [0.4, 0.5) is 5.69 Å². The van der Waals surface area contributed by atoms with Crippen molar-refractivity contribution in [3.63, 3.8) is 0 Å². The summed E-state index contributed by atoms with van der Waals surface area (Å²) >= 11 is 0. The van der Waals surface area contributed by atoms with E-state index in [-0.39, 0.29) is 30.7 Å². The summed E-state index contributed by atoms with van der Waals surface area (Å²) in [4.78, 5) is 38.6. The van der Waals surface area contributed by atoms with Crippen LogP contribution in [0.2, 0.25) is 0 Å². The first-order chi connectivity index (χ1) is 13.5. The standard InChI is InChI=1S/C21H23N3O4/c1-14-8-9-16(10-18(14)28-2)22-19(25)11-17-21(27)24(13-20(26)23-17)12-15-6-4-3-5-7-15/h3-10,17H,11-13H2,1-2H3,(H,22,25)(H,23,26)/t17-/m1/s1. The normalized spacial score (nSPS) is 16.5. The summed E-state index contributed by atoms with van der Waals surface area (Å²) < 4.78 is 5.25. The minimum atomic E-state index is -0.877. The van der Waals surface area contributed by atoms with Crippen molar-refractivity contribution in [3.05, 3.63) is 59.7 Å². The molecule has 1 aliphatic rings. The molecule has 1 saturated heterocycles. The average Bonchev–Trinajstić information content (AvgIpc) is 2.67. The van der Waals surface area contributed by atoms with E-state index in [2.05, 4.69) is 10.6 Å². The Kier molecular flexibility index (Phi) is 5.93. The maximum atomic E-state index is 12.7. The Labute approximate surface area is 163 Å². The highest BCUT2D eigenvalue weighted by Gasteiger charge is 2.34. The van der Waals surface area contributed by atoms with Crippen molar-refractivity contribution in [1.82, 2.24) is 10.2 Å². The molecule has 1 fully saturated rings. The minimum Gasteiger partial charge on any atom is -0.496 e. The second kappa shape index (κ2) is 8.56. The van der Waals surface area contributed by atoms with Crippen molar-refractivity contribution in [3.8, 4) is 5.75 Å². The van der Waals surface area contributed by atoms with Crippen LogP contribution in [0.25, 0.3) is 0 Å². The Hall–Kier alpha value is -3.35. The predicted molar refractivity (Wildman–Crippen MR) is 105 cm³/mol. The molecule has 0 radical (unpaired) electrons. The van der Waals surface area contributed by atoms with Gasteiger partial charge in [-0.05, 0) is 24.1 Å². The first kappa shape index (κ1) is 19.4. The summed E-state index contributed by atoms with van der Waals surface area (Å²) in [5.41, 5.74) is 2.45. The lowest BCUT2D eigenvalue weighted by atomic mass is 10.1. The molecule has 0 aromatic heterocycles. The van der Waals surface area contributed by atoms with E-state index in [1.165, 1.54) is 4.90 Å². The molecule has 7 heteroatoms. The van der Waals surface area contributed by atoms with Gasteiger partial charge in [0.1, 0.15) is 11.8 Å². The van der Waals surface area contributed by atoms with Gasteiger partial charge in [-0.3, -0.25) is 14.4 Å². The number of hydrogen-bond donors (Lipinski definition) is 2. The molecule has 0 spiro atoms. The number of benzene rings is 2. The van der Waals surface area contributed by atoms with Crippen LogP contribution in [0.15, 0.2) is 48.5 Å². The maximum absolute atomic E-state index is 12.7. The molecule has 7 nitrogen and oxygen atoms in total. The number of nitrogens with one attached hydrogen (secondary N) is 2. The molecule has 146 valence electrons. The molecule has 0 unspecified atom stereocenters. The van der Waals surface area contributed by atoms with E-state index in [9.17, 15) is 14.4 Å². The molecule has 28 heavy (non-hydrogen) atoms. The van der Waals surface area contributed by atoms with Crippen molar-refractivity contribution in [2.45, 2.75) is 25.9 Å². The maximum Gasteiger partial charge on any atom is 0.246 e. The Bertz CT molecular complexity index is 882. The number of hydrogen-bond acceptors (Lipinski definition) is 4. The Morgan fingerprint density at radius 2 is 1.96 bits per heavy atom. The Morgan fingerprint density at radius 1 is 1.21 bits per heavy atom. The minimum absolute atomic E-state index is 0.0129. The van der Waals surface area contributed by atoms with Crippen LogP contribution in [0, 0.1) is 6.92 Å². The summed E-state index contributed by atoms with van der Waals surface area (Å²) in [6, 6.07) is 13.9. The Balaban J connectivity index is 1.64. The lowest BCUT2D eigenvalue weighted by Crippen LogP contribution is -2.58. The molecule has 3 rings (SSSR count). The number of ether oxygens (including phenoxy) is 1. The number of methoxy groups -OCH3 is 1. The largest absolute Gasteiger partial charge is 0.496 e. The first-order valence-corrected chi connectivity index (χ1v) is 9.03. The molecule has 0 bridgehead atoms. The summed E-state index contributed by atoms with van der Waals surface area (Å²) in [5, 5.41) is 5.36. The molecule has 0 aliphatic carbocycles. The average molecular weight is 381 g/mol. The molecule has 1 atom stereocenters. The van der Waals surface area contributed by atoms with Crippen molar-refractivity contribution in [2.24, 2.45) is 0 Å². The van der Waals surface area contributed by atoms with E-state index in [1.807, 2.05) is 43.3 Å². The third-order valence-corrected chi connectivity index (χ3v) is 4.58. The van der Waals surface area contributed by atoms with Gasteiger partial charge in [-0.15, -0.1) is 0 Å². The van der Waals surface area contributed by atoms with Gasteiger partial charge in [-0.25, -0.2) is 0 Å². The zero-order valence-electron chi connectivity index (χ0n) is 15.9. The summed E-state index contributed by atoms with van der Waals surface area (Å²) in [5.74, 6) is -0.231. The number of anilines is 1. The van der Waals surface area contributed by atoms with Crippen molar-refractivity contribution in [1.29, 1.82) is 0 Å². The SMILES string of the molecule is COc1cc(NC(=O)C[C@H]2NC(=O)CN(Cc3ccccc3)C2=O)ccc1C. The van der Waals surface area contributed by atoms with Gasteiger partial charge in [0.2, 0.25) is 17.7 Å². The smallest absolute Gasteiger partial charge is 0.246 e. The number of carbonyl (C=O) groups excluding carboxylic acids is 3. The topological polar surface area (TPSA) is 87.7 Å². The van der Waals surface area contributed by atoms with Gasteiger partial charge in [0, 0.05) is 18.3 Å². The quantitative estimate of drug-likeness (QED) is 0.800. The number of aryl methyl sites for hydroxylation is 1. The van der Waals surface area contributed by atoms with Crippen LogP contribution >= 0.6 is 0 Å². The summed E-state index contributed by atoms with van der Waals surface area (Å²) in [7, 11) is 1.56. The predicted octanol–water partition coefficient (Wildman–Crippen LogP) is 1.86. The van der Waals surface area contributed by atoms with E-state index in [1.54, 1.807) is 19.2 Å². The third kappa shape index (κ3) is 4.68. The van der Waals surface area contributed by atoms with Crippen LogP contribution in [0.3, 0.4) is 0 Å². The first-order valence-electron chi connectivity index (χ1n) is 9.03. The summed E-state index contributed by atoms with van der Waals surface area (Å²) in [6.45, 7) is 2.23. The highest BCUT2D eigenvalue weighted by molar-refractivity contribution is 6.00. The molecular formula is C21H23N3O4. The fourth-order valence-electron chi connectivity index (χ4n) is 3.14. The lowest BCUT2D eigenvalue weighted by Gasteiger charge is -2.32. The van der Waals surface area contributed by atoms with E-state index < -0.39 is 6.04 Å². The molecule has 2 N–H and O–H groups in total. The van der Waals surface area contributed by atoms with Crippen LogP contribution in [-0.2, 0) is 20.9 Å². The molecule has 1 aliphatic heterocycles. The molecular weight excluding hydrogens is 358 g/mol. The van der Waals surface area contributed by atoms with Crippen LogP contribution in [0.1, 0.15) is 17.5 Å². The number of carbonyl (C=O) groups is 3. The van der Waals surface area contributed by atoms with Crippen LogP contribution in [-0.4, -0.2) is 42.3 Å². The molecule has 2 aromatic rings. The third-order valence-electron chi connectivity index (χ3n) is 4.58. The van der Waals surface area contributed by atoms with Gasteiger partial charge in [0.25, 0.3) is 0 Å². The van der Waals surface area contributed by atoms with Gasteiger partial charge in [-0.2, -0.15) is 0 Å². The van der Waals surface area contributed by atoms with Crippen LogP contribution < -0.4 is 15.4 Å². The number of rotatable bonds is 6. The number of amides is 3. The Morgan fingerprint density at radius 3 is 2.68 bits per heavy atom. The molecule has 0 saturated carbocycles. The fourth-order valence-corrected chi connectivity index (χ4v) is 3.14. The van der Waals surface area contributed by atoms with Gasteiger partial charge in [0.05, 0.1) is 20.1 Å². The second-order valence-corrected chi connectivity index (χ2v) is 6.74. The van der Waals surface area contributed by atoms with Gasteiger partial charge in [-0.1, -0.05) is 36.4 Å². The highest BCUT2D eigenvalue weighted by atomic mass is 16.5. The van der Waals surface area contributed by atoms with Gasteiger partial charge in [0.15, 0.2) is 0 Å². The molecule has 2 aromatic carbocycles. The highest BCUT2D eigenvalue weighted by Crippen LogP contribution is 2.22. The fraction of sp³-hybridized carbons (Fsp3) is 0.286. The van der Waals surface area contributed by atoms with Crippen molar-refractivity contribution >= 4 is 23.4 Å². The van der Waals surface area contributed by atoms with E-state index in [4.69, 9.17) is 4.74 Å². The lowest BCUT2D eigenvalue weighted by molar-refractivity contribution is -0.145. The van der Waals surface area contributed by atoms with Crippen molar-refractivity contribution in [2.75, 3.05) is 19.0 Å². The zero-order chi connectivity index (χ0) is 20.1. The summed E-state index contributed by atoms with van der Waals surface area (Å²) in [6.07, 6.45) is -0.133. The van der Waals surface area contributed by atoms with Crippen LogP contribution in [0.5, 0.6) is 5.75 Å². The molecule has 1 heterocycles. The van der Waals surface area contributed by atoms with Gasteiger partial charge >= 0.3 is 0 Å². The number of nitrogens with zero attached hydrogens (tertiary/aromatic N) is 1. The second-order valence-electron chi connectivity index (χ2n) is 6.74.